The summed E-state index contributed by atoms with van der Waals surface area (Å²) in [6.45, 7) is 7.26. The zero-order valence-electron chi connectivity index (χ0n) is 16.4. The number of alkyl halides is 2. The van der Waals surface area contributed by atoms with Crippen molar-refractivity contribution in [2.24, 2.45) is 0 Å². The van der Waals surface area contributed by atoms with Gasteiger partial charge in [-0.25, -0.2) is 4.98 Å². The van der Waals surface area contributed by atoms with Gasteiger partial charge in [-0.2, -0.15) is 0 Å². The highest BCUT2D eigenvalue weighted by atomic mass is 35.5. The van der Waals surface area contributed by atoms with Crippen LogP contribution in [0.15, 0.2) is 29.0 Å². The first-order valence-electron chi connectivity index (χ1n) is 8.89. The van der Waals surface area contributed by atoms with Gasteiger partial charge in [0.05, 0.1) is 28.8 Å². The van der Waals surface area contributed by atoms with E-state index in [9.17, 15) is 13.6 Å². The highest BCUT2D eigenvalue weighted by Crippen LogP contribution is 2.45. The predicted octanol–water partition coefficient (Wildman–Crippen LogP) is 5.00. The lowest BCUT2D eigenvalue weighted by atomic mass is 10.1. The third-order valence-corrected chi connectivity index (χ3v) is 4.23. The predicted molar refractivity (Wildman–Crippen MR) is 104 cm³/mol. The van der Waals surface area contributed by atoms with Crippen molar-refractivity contribution in [1.29, 1.82) is 0 Å². The van der Waals surface area contributed by atoms with Crippen LogP contribution in [-0.4, -0.2) is 27.3 Å². The molecule has 2 aromatic heterocycles. The molecule has 158 valence electrons. The van der Waals surface area contributed by atoms with Gasteiger partial charge in [0, 0.05) is 11.6 Å². The van der Waals surface area contributed by atoms with Crippen LogP contribution in [0.5, 0.6) is 11.5 Å². The second-order valence-electron chi connectivity index (χ2n) is 5.89. The van der Waals surface area contributed by atoms with E-state index in [0.717, 1.165) is 0 Å². The van der Waals surface area contributed by atoms with Gasteiger partial charge in [0.2, 0.25) is 0 Å². The van der Waals surface area contributed by atoms with Crippen molar-refractivity contribution in [3.05, 3.63) is 46.6 Å². The van der Waals surface area contributed by atoms with Crippen LogP contribution in [-0.2, 0) is 0 Å². The van der Waals surface area contributed by atoms with Gasteiger partial charge < -0.3 is 19.3 Å². The molecule has 0 bridgehead atoms. The van der Waals surface area contributed by atoms with Gasteiger partial charge in [-0.3, -0.25) is 9.78 Å². The van der Waals surface area contributed by atoms with E-state index < -0.39 is 12.2 Å². The number of carbonyl (C=O) groups is 1. The lowest BCUT2D eigenvalue weighted by molar-refractivity contribution is -0.286. The van der Waals surface area contributed by atoms with Gasteiger partial charge in [-0.15, -0.1) is 8.78 Å². The molecular weight excluding hydrogens is 422 g/mol. The molecule has 3 heterocycles. The fourth-order valence-electron chi connectivity index (χ4n) is 2.69. The zero-order chi connectivity index (χ0) is 22.1. The number of halogens is 3. The largest absolute Gasteiger partial charge is 0.586 e. The molecule has 0 atom stereocenters. The number of aromatic nitrogens is 3. The number of amides is 1. The Bertz CT molecular complexity index is 1070. The van der Waals surface area contributed by atoms with Crippen LogP contribution in [0.2, 0.25) is 5.02 Å². The molecule has 0 saturated carbocycles. The smallest absolute Gasteiger partial charge is 0.395 e. The van der Waals surface area contributed by atoms with Crippen molar-refractivity contribution in [3.8, 4) is 22.8 Å². The lowest BCUT2D eigenvalue weighted by Crippen LogP contribution is -2.25. The fraction of sp³-hybridized carbons (Fsp3) is 0.263. The molecule has 0 aliphatic carbocycles. The van der Waals surface area contributed by atoms with Gasteiger partial charge in [-0.05, 0) is 19.9 Å². The summed E-state index contributed by atoms with van der Waals surface area (Å²) in [5.74, 6) is -0.223. The van der Waals surface area contributed by atoms with Crippen molar-refractivity contribution in [3.63, 3.8) is 0 Å². The highest BCUT2D eigenvalue weighted by molar-refractivity contribution is 6.33. The maximum absolute atomic E-state index is 13.2. The molecule has 4 rings (SSSR count). The molecule has 11 heteroatoms. The standard InChI is InChI=1S/C17H11ClF2N4O4.C2H6/c1-7-15(8(2)28-24-7)16(25)23-14-6-21-11(5-22-14)9-3-12-13(4-10(9)18)27-17(19,20)26-12;1-2/h3-6H,1-2H3,(H,22,23,25);1-2H3. The second-order valence-corrected chi connectivity index (χ2v) is 6.29. The van der Waals surface area contributed by atoms with Crippen LogP contribution in [0, 0.1) is 13.8 Å². The molecule has 0 radical (unpaired) electrons. The Labute approximate surface area is 175 Å². The minimum atomic E-state index is -3.75. The first kappa shape index (κ1) is 21.4. The number of rotatable bonds is 3. The average molecular weight is 439 g/mol. The Kier molecular flexibility index (Phi) is 5.88. The summed E-state index contributed by atoms with van der Waals surface area (Å²) in [5.41, 5.74) is 1.37. The van der Waals surface area contributed by atoms with Crippen molar-refractivity contribution in [2.75, 3.05) is 5.32 Å². The molecule has 0 unspecified atom stereocenters. The molecule has 8 nitrogen and oxygen atoms in total. The molecule has 1 amide bonds. The average Bonchev–Trinajstić information content (AvgIpc) is 3.19. The number of hydrogen-bond donors (Lipinski definition) is 1. The lowest BCUT2D eigenvalue weighted by Gasteiger charge is -2.07. The number of fused-ring (bicyclic) bond motifs is 1. The van der Waals surface area contributed by atoms with Crippen LogP contribution in [0.4, 0.5) is 14.6 Å². The van der Waals surface area contributed by atoms with E-state index >= 15 is 0 Å². The van der Waals surface area contributed by atoms with E-state index in [4.69, 9.17) is 16.1 Å². The highest BCUT2D eigenvalue weighted by Gasteiger charge is 2.43. The quantitative estimate of drug-likeness (QED) is 0.614. The van der Waals surface area contributed by atoms with Crippen molar-refractivity contribution in [1.82, 2.24) is 15.1 Å². The number of nitrogens with zero attached hydrogens (tertiary/aromatic N) is 3. The first-order chi connectivity index (χ1) is 14.2. The van der Waals surface area contributed by atoms with Gasteiger partial charge in [0.1, 0.15) is 11.3 Å². The van der Waals surface area contributed by atoms with E-state index in [1.807, 2.05) is 13.8 Å². The summed E-state index contributed by atoms with van der Waals surface area (Å²) in [6, 6.07) is 2.49. The van der Waals surface area contributed by atoms with E-state index in [1.165, 1.54) is 24.5 Å². The molecule has 1 aliphatic rings. The number of carbonyl (C=O) groups excluding carboxylic acids is 1. The summed E-state index contributed by atoms with van der Waals surface area (Å²) < 4.78 is 40.1. The normalized spacial score (nSPS) is 13.4. The van der Waals surface area contributed by atoms with Crippen LogP contribution in [0.25, 0.3) is 11.3 Å². The molecule has 0 fully saturated rings. The molecule has 1 N–H and O–H groups in total. The van der Waals surface area contributed by atoms with Crippen LogP contribution >= 0.6 is 11.6 Å². The van der Waals surface area contributed by atoms with Gasteiger partial charge >= 0.3 is 6.29 Å². The monoisotopic (exact) mass is 438 g/mol. The van der Waals surface area contributed by atoms with Gasteiger partial charge in [-0.1, -0.05) is 30.6 Å². The first-order valence-corrected chi connectivity index (χ1v) is 9.27. The van der Waals surface area contributed by atoms with Crippen molar-refractivity contribution in [2.45, 2.75) is 34.0 Å². The van der Waals surface area contributed by atoms with Crippen LogP contribution in [0.3, 0.4) is 0 Å². The second kappa shape index (κ2) is 8.23. The van der Waals surface area contributed by atoms with Crippen molar-refractivity contribution < 1.29 is 27.6 Å². The summed E-state index contributed by atoms with van der Waals surface area (Å²) in [6.07, 6.45) is -1.10. The third-order valence-electron chi connectivity index (χ3n) is 3.92. The number of hydrogen-bond acceptors (Lipinski definition) is 7. The molecule has 0 spiro atoms. The van der Waals surface area contributed by atoms with Crippen LogP contribution < -0.4 is 14.8 Å². The Morgan fingerprint density at radius 2 is 1.77 bits per heavy atom. The van der Waals surface area contributed by atoms with E-state index in [2.05, 4.69) is 29.9 Å². The van der Waals surface area contributed by atoms with Gasteiger partial charge in [0.15, 0.2) is 17.3 Å². The Morgan fingerprint density at radius 3 is 2.33 bits per heavy atom. The minimum absolute atomic E-state index is 0.127. The number of anilines is 1. The molecule has 1 aromatic carbocycles. The Morgan fingerprint density at radius 1 is 1.10 bits per heavy atom. The summed E-state index contributed by atoms with van der Waals surface area (Å²) in [5, 5.41) is 6.43. The molecule has 0 saturated heterocycles. The summed E-state index contributed by atoms with van der Waals surface area (Å²) in [4.78, 5) is 20.6. The number of nitrogens with one attached hydrogen (secondary N) is 1. The van der Waals surface area contributed by atoms with Crippen LogP contribution in [0.1, 0.15) is 35.7 Å². The third kappa shape index (κ3) is 4.18. The fourth-order valence-corrected chi connectivity index (χ4v) is 2.94. The Hall–Kier alpha value is -3.27. The molecule has 3 aromatic rings. The topological polar surface area (TPSA) is 99.4 Å². The maximum Gasteiger partial charge on any atom is 0.586 e. The maximum atomic E-state index is 13.2. The summed E-state index contributed by atoms with van der Waals surface area (Å²) >= 11 is 6.13. The minimum Gasteiger partial charge on any atom is -0.395 e. The molecule has 1 aliphatic heterocycles. The van der Waals surface area contributed by atoms with E-state index in [1.54, 1.807) is 13.8 Å². The van der Waals surface area contributed by atoms with E-state index in [-0.39, 0.29) is 22.3 Å². The number of aryl methyl sites for hydroxylation is 2. The molecule has 30 heavy (non-hydrogen) atoms. The van der Waals surface area contributed by atoms with Gasteiger partial charge in [0.25, 0.3) is 5.91 Å². The zero-order valence-corrected chi connectivity index (χ0v) is 17.2. The Balaban J connectivity index is 0.00000124. The number of benzene rings is 1. The molecular formula is C19H17ClF2N4O4. The summed E-state index contributed by atoms with van der Waals surface area (Å²) in [7, 11) is 0. The van der Waals surface area contributed by atoms with Crippen molar-refractivity contribution >= 4 is 23.3 Å². The SMILES string of the molecule is CC.Cc1noc(C)c1C(=O)Nc1cnc(-c2cc3c(cc2Cl)OC(F)(F)O3)cn1. The number of ether oxygens (including phenoxy) is 2. The van der Waals surface area contributed by atoms with E-state index in [0.29, 0.717) is 28.3 Å².